The van der Waals surface area contributed by atoms with Gasteiger partial charge < -0.3 is 10.2 Å². The third kappa shape index (κ3) is 3.65. The number of hydrogen-bond donors (Lipinski definition) is 1. The third-order valence-corrected chi connectivity index (χ3v) is 4.30. The number of carbonyl (C=O) groups is 2. The standard InChI is InChI=1S/C16H27N5O2/c1-11(2)14-17-10-12(3)21(15(22)19(5)13(4)18-14)16(23)20-8-6-7-9-20/h10-11,14,17H,6-9H2,1-5H3/b12-10+,18-13+. The molecule has 1 unspecified atom stereocenters. The number of nitrogens with zero attached hydrogens (tertiary/aromatic N) is 4. The zero-order chi connectivity index (χ0) is 17.1. The number of urea groups is 2. The van der Waals surface area contributed by atoms with E-state index >= 15 is 0 Å². The molecular formula is C16H27N5O2. The number of nitrogens with one attached hydrogen (secondary N) is 1. The molecular weight excluding hydrogens is 294 g/mol. The Morgan fingerprint density at radius 2 is 1.91 bits per heavy atom. The maximum absolute atomic E-state index is 12.8. The first-order valence-electron chi connectivity index (χ1n) is 8.17. The maximum atomic E-state index is 12.8. The van der Waals surface area contributed by atoms with Crippen LogP contribution in [0.2, 0.25) is 0 Å². The molecule has 1 saturated heterocycles. The normalized spacial score (nSPS) is 27.7. The van der Waals surface area contributed by atoms with E-state index in [1.807, 2.05) is 0 Å². The van der Waals surface area contributed by atoms with Crippen LogP contribution in [0.5, 0.6) is 0 Å². The van der Waals surface area contributed by atoms with Gasteiger partial charge in [-0.1, -0.05) is 13.8 Å². The number of aliphatic imine (C=N–C) groups is 1. The fraction of sp³-hybridized carbons (Fsp3) is 0.688. The summed E-state index contributed by atoms with van der Waals surface area (Å²) in [7, 11) is 1.65. The summed E-state index contributed by atoms with van der Waals surface area (Å²) in [6, 6.07) is -0.631. The molecule has 2 heterocycles. The smallest absolute Gasteiger partial charge is 0.337 e. The van der Waals surface area contributed by atoms with E-state index in [0.29, 0.717) is 24.6 Å². The molecule has 0 spiro atoms. The number of rotatable bonds is 1. The molecule has 7 nitrogen and oxygen atoms in total. The third-order valence-electron chi connectivity index (χ3n) is 4.30. The molecule has 0 aromatic carbocycles. The van der Waals surface area contributed by atoms with Gasteiger partial charge in [-0.2, -0.15) is 0 Å². The van der Waals surface area contributed by atoms with Crippen LogP contribution in [0.1, 0.15) is 40.5 Å². The van der Waals surface area contributed by atoms with Gasteiger partial charge in [0.2, 0.25) is 0 Å². The number of amidine groups is 1. The molecule has 128 valence electrons. The fourth-order valence-corrected chi connectivity index (χ4v) is 2.66. The quantitative estimate of drug-likeness (QED) is 0.806. The van der Waals surface area contributed by atoms with Crippen LogP contribution in [-0.4, -0.2) is 58.9 Å². The summed E-state index contributed by atoms with van der Waals surface area (Å²) in [5, 5.41) is 3.22. The van der Waals surface area contributed by atoms with Crippen molar-refractivity contribution in [2.45, 2.75) is 46.7 Å². The lowest BCUT2D eigenvalue weighted by atomic mass is 10.1. The van der Waals surface area contributed by atoms with E-state index in [-0.39, 0.29) is 24.1 Å². The lowest BCUT2D eigenvalue weighted by Gasteiger charge is -2.29. The van der Waals surface area contributed by atoms with E-state index in [1.54, 1.807) is 32.0 Å². The van der Waals surface area contributed by atoms with Gasteiger partial charge in [-0.3, -0.25) is 4.90 Å². The molecule has 0 aliphatic carbocycles. The van der Waals surface area contributed by atoms with Crippen molar-refractivity contribution in [3.8, 4) is 0 Å². The summed E-state index contributed by atoms with van der Waals surface area (Å²) in [6.45, 7) is 9.08. The second-order valence-electron chi connectivity index (χ2n) is 6.47. The summed E-state index contributed by atoms with van der Waals surface area (Å²) in [4.78, 5) is 34.5. The molecule has 1 atom stereocenters. The first kappa shape index (κ1) is 17.3. The average Bonchev–Trinajstić information content (AvgIpc) is 3.04. The van der Waals surface area contributed by atoms with Crippen LogP contribution in [0, 0.1) is 5.92 Å². The zero-order valence-corrected chi connectivity index (χ0v) is 14.7. The average molecular weight is 321 g/mol. The number of carbonyl (C=O) groups excluding carboxylic acids is 2. The SMILES string of the molecule is C/C1=C\NC(C(C)C)/N=C(\C)N(C)C(=O)N1C(=O)N1CCCC1. The Morgan fingerprint density at radius 1 is 1.30 bits per heavy atom. The van der Waals surface area contributed by atoms with Gasteiger partial charge in [0, 0.05) is 32.0 Å². The van der Waals surface area contributed by atoms with Crippen LogP contribution in [-0.2, 0) is 0 Å². The van der Waals surface area contributed by atoms with E-state index < -0.39 is 0 Å². The van der Waals surface area contributed by atoms with Gasteiger partial charge in [-0.25, -0.2) is 19.5 Å². The van der Waals surface area contributed by atoms with Gasteiger partial charge in [-0.05, 0) is 32.6 Å². The number of likely N-dealkylation sites (tertiary alicyclic amines) is 1. The van der Waals surface area contributed by atoms with E-state index in [4.69, 9.17) is 0 Å². The summed E-state index contributed by atoms with van der Waals surface area (Å²) >= 11 is 0. The molecule has 2 rings (SSSR count). The summed E-state index contributed by atoms with van der Waals surface area (Å²) in [6.07, 6.45) is 3.55. The second kappa shape index (κ2) is 7.02. The maximum Gasteiger partial charge on any atom is 0.337 e. The molecule has 0 aromatic rings. The number of imide groups is 1. The van der Waals surface area contributed by atoms with Crippen molar-refractivity contribution in [2.75, 3.05) is 20.1 Å². The van der Waals surface area contributed by atoms with Crippen molar-refractivity contribution in [1.82, 2.24) is 20.0 Å². The fourth-order valence-electron chi connectivity index (χ4n) is 2.66. The monoisotopic (exact) mass is 321 g/mol. The first-order chi connectivity index (χ1) is 10.8. The Morgan fingerprint density at radius 3 is 2.48 bits per heavy atom. The van der Waals surface area contributed by atoms with E-state index in [0.717, 1.165) is 12.8 Å². The van der Waals surface area contributed by atoms with Crippen molar-refractivity contribution < 1.29 is 9.59 Å². The summed E-state index contributed by atoms with van der Waals surface area (Å²) in [5.41, 5.74) is 0.578. The molecule has 2 aliphatic heterocycles. The highest BCUT2D eigenvalue weighted by Crippen LogP contribution is 2.18. The highest BCUT2D eigenvalue weighted by atomic mass is 16.2. The minimum atomic E-state index is -0.372. The molecule has 0 radical (unpaired) electrons. The van der Waals surface area contributed by atoms with Crippen LogP contribution in [0.3, 0.4) is 0 Å². The van der Waals surface area contributed by atoms with E-state index in [2.05, 4.69) is 24.2 Å². The van der Waals surface area contributed by atoms with Crippen molar-refractivity contribution in [1.29, 1.82) is 0 Å². The highest BCUT2D eigenvalue weighted by molar-refractivity contribution is 6.03. The molecule has 23 heavy (non-hydrogen) atoms. The van der Waals surface area contributed by atoms with Gasteiger partial charge >= 0.3 is 12.1 Å². The molecule has 1 fully saturated rings. The summed E-state index contributed by atoms with van der Waals surface area (Å²) < 4.78 is 0. The lowest BCUT2D eigenvalue weighted by molar-refractivity contribution is 0.164. The zero-order valence-electron chi connectivity index (χ0n) is 14.7. The van der Waals surface area contributed by atoms with Gasteiger partial charge in [0.15, 0.2) is 0 Å². The number of hydrogen-bond acceptors (Lipinski definition) is 4. The minimum Gasteiger partial charge on any atom is -0.368 e. The van der Waals surface area contributed by atoms with E-state index in [9.17, 15) is 9.59 Å². The molecule has 0 aromatic heterocycles. The van der Waals surface area contributed by atoms with Crippen molar-refractivity contribution in [3.63, 3.8) is 0 Å². The van der Waals surface area contributed by atoms with Gasteiger partial charge in [0.1, 0.15) is 12.0 Å². The van der Waals surface area contributed by atoms with Gasteiger partial charge in [0.25, 0.3) is 0 Å². The number of allylic oxidation sites excluding steroid dienone is 1. The van der Waals surface area contributed by atoms with Crippen LogP contribution in [0.4, 0.5) is 9.59 Å². The van der Waals surface area contributed by atoms with Crippen molar-refractivity contribution >= 4 is 17.9 Å². The summed E-state index contributed by atoms with van der Waals surface area (Å²) in [5.74, 6) is 0.849. The molecule has 0 bridgehead atoms. The highest BCUT2D eigenvalue weighted by Gasteiger charge is 2.33. The predicted molar refractivity (Wildman–Crippen MR) is 89.8 cm³/mol. The minimum absolute atomic E-state index is 0.137. The van der Waals surface area contributed by atoms with Gasteiger partial charge in [0.05, 0.1) is 0 Å². The molecule has 4 amide bonds. The van der Waals surface area contributed by atoms with Crippen LogP contribution < -0.4 is 5.32 Å². The van der Waals surface area contributed by atoms with Crippen LogP contribution in [0.15, 0.2) is 16.9 Å². The van der Waals surface area contributed by atoms with Gasteiger partial charge in [-0.15, -0.1) is 0 Å². The predicted octanol–water partition coefficient (Wildman–Crippen LogP) is 2.42. The van der Waals surface area contributed by atoms with Crippen LogP contribution >= 0.6 is 0 Å². The van der Waals surface area contributed by atoms with E-state index in [1.165, 1.54) is 9.80 Å². The Balaban J connectivity index is 2.35. The molecule has 2 aliphatic rings. The Hall–Kier alpha value is -2.05. The second-order valence-corrected chi connectivity index (χ2v) is 6.47. The molecule has 1 N–H and O–H groups in total. The Labute approximate surface area is 138 Å². The molecule has 0 saturated carbocycles. The number of amides is 4. The first-order valence-corrected chi connectivity index (χ1v) is 8.17. The van der Waals surface area contributed by atoms with Crippen molar-refractivity contribution in [3.05, 3.63) is 11.9 Å². The Bertz CT molecular complexity index is 535. The largest absolute Gasteiger partial charge is 0.368 e. The molecule has 7 heteroatoms. The lowest BCUT2D eigenvalue weighted by Crippen LogP contribution is -2.49. The van der Waals surface area contributed by atoms with Crippen molar-refractivity contribution in [2.24, 2.45) is 10.9 Å². The Kier molecular flexibility index (Phi) is 5.28. The van der Waals surface area contributed by atoms with Crippen LogP contribution in [0.25, 0.3) is 0 Å². The topological polar surface area (TPSA) is 68.2 Å².